The Hall–Kier alpha value is -2.62. The summed E-state index contributed by atoms with van der Waals surface area (Å²) >= 11 is 0. The molecule has 2 aromatic carbocycles. The lowest BCUT2D eigenvalue weighted by atomic mass is 10.1. The second kappa shape index (κ2) is 4.81. The van der Waals surface area contributed by atoms with Gasteiger partial charge in [-0.05, 0) is 37.6 Å². The average molecular weight is 265 g/mol. The van der Waals surface area contributed by atoms with E-state index in [2.05, 4.69) is 10.2 Å². The van der Waals surface area contributed by atoms with Crippen molar-refractivity contribution in [2.75, 3.05) is 5.73 Å². The Bertz CT molecular complexity index is 784. The lowest BCUT2D eigenvalue weighted by Crippen LogP contribution is -1.97. The van der Waals surface area contributed by atoms with Gasteiger partial charge in [0, 0.05) is 10.8 Å². The molecule has 0 unspecified atom stereocenters. The van der Waals surface area contributed by atoms with Gasteiger partial charge in [-0.2, -0.15) is 5.10 Å². The van der Waals surface area contributed by atoms with Crippen LogP contribution in [0.4, 0.5) is 5.69 Å². The van der Waals surface area contributed by atoms with E-state index in [1.807, 2.05) is 56.3 Å². The van der Waals surface area contributed by atoms with Gasteiger partial charge in [0.1, 0.15) is 0 Å². The quantitative estimate of drug-likeness (QED) is 0.719. The molecule has 4 heteroatoms. The fourth-order valence-electron chi connectivity index (χ4n) is 2.12. The Balaban J connectivity index is 2.11. The van der Waals surface area contributed by atoms with Crippen LogP contribution in [0.15, 0.2) is 42.5 Å². The Morgan fingerprint density at radius 2 is 1.70 bits per heavy atom. The van der Waals surface area contributed by atoms with Crippen molar-refractivity contribution in [2.24, 2.45) is 0 Å². The first-order chi connectivity index (χ1) is 9.65. The standard InChI is InChI=1S/C16H15N3O/c1-10-7-8-14(17)15(9-10)20-16-13-6-4-3-5-12(13)11(2)18-19-16/h3-9H,17H2,1-2H3. The second-order valence-electron chi connectivity index (χ2n) is 4.78. The van der Waals surface area contributed by atoms with Gasteiger partial charge in [-0.3, -0.25) is 0 Å². The Morgan fingerprint density at radius 1 is 0.950 bits per heavy atom. The van der Waals surface area contributed by atoms with Crippen LogP contribution < -0.4 is 10.5 Å². The van der Waals surface area contributed by atoms with Crippen molar-refractivity contribution in [3.05, 3.63) is 53.7 Å². The molecule has 3 rings (SSSR count). The van der Waals surface area contributed by atoms with Crippen LogP contribution in [0.3, 0.4) is 0 Å². The highest BCUT2D eigenvalue weighted by Crippen LogP contribution is 2.31. The third kappa shape index (κ3) is 2.16. The summed E-state index contributed by atoms with van der Waals surface area (Å²) in [4.78, 5) is 0. The van der Waals surface area contributed by atoms with Gasteiger partial charge >= 0.3 is 0 Å². The van der Waals surface area contributed by atoms with Crippen LogP contribution in [0.25, 0.3) is 10.8 Å². The number of rotatable bonds is 2. The molecule has 100 valence electrons. The van der Waals surface area contributed by atoms with Crippen molar-refractivity contribution in [3.8, 4) is 11.6 Å². The number of nitrogens with zero attached hydrogens (tertiary/aromatic N) is 2. The number of aromatic nitrogens is 2. The SMILES string of the molecule is Cc1ccc(N)c(Oc2nnc(C)c3ccccc23)c1. The van der Waals surface area contributed by atoms with Crippen molar-refractivity contribution in [3.63, 3.8) is 0 Å². The Kier molecular flexibility index (Phi) is 2.99. The van der Waals surface area contributed by atoms with Crippen molar-refractivity contribution >= 4 is 16.5 Å². The normalized spacial score (nSPS) is 10.7. The van der Waals surface area contributed by atoms with Gasteiger partial charge in [-0.25, -0.2) is 0 Å². The number of anilines is 1. The number of benzene rings is 2. The van der Waals surface area contributed by atoms with Gasteiger partial charge in [0.25, 0.3) is 0 Å². The molecule has 0 saturated heterocycles. The molecule has 0 bridgehead atoms. The van der Waals surface area contributed by atoms with E-state index in [9.17, 15) is 0 Å². The number of hydrogen-bond acceptors (Lipinski definition) is 4. The summed E-state index contributed by atoms with van der Waals surface area (Å²) in [5.41, 5.74) is 8.49. The smallest absolute Gasteiger partial charge is 0.246 e. The zero-order valence-electron chi connectivity index (χ0n) is 11.4. The van der Waals surface area contributed by atoms with Crippen molar-refractivity contribution in [1.82, 2.24) is 10.2 Å². The first-order valence-corrected chi connectivity index (χ1v) is 6.41. The molecule has 0 aliphatic rings. The molecule has 0 spiro atoms. The summed E-state index contributed by atoms with van der Waals surface area (Å²) < 4.78 is 5.86. The van der Waals surface area contributed by atoms with Crippen LogP contribution in [-0.4, -0.2) is 10.2 Å². The van der Waals surface area contributed by atoms with E-state index in [1.165, 1.54) is 0 Å². The van der Waals surface area contributed by atoms with Crippen molar-refractivity contribution in [1.29, 1.82) is 0 Å². The van der Waals surface area contributed by atoms with E-state index < -0.39 is 0 Å². The number of hydrogen-bond donors (Lipinski definition) is 1. The zero-order chi connectivity index (χ0) is 14.1. The second-order valence-corrected chi connectivity index (χ2v) is 4.78. The molecule has 1 heterocycles. The van der Waals surface area contributed by atoms with Gasteiger partial charge in [0.2, 0.25) is 5.88 Å². The van der Waals surface area contributed by atoms with Crippen molar-refractivity contribution in [2.45, 2.75) is 13.8 Å². The van der Waals surface area contributed by atoms with Crippen LogP contribution in [0.2, 0.25) is 0 Å². The van der Waals surface area contributed by atoms with Crippen LogP contribution in [0.1, 0.15) is 11.3 Å². The minimum absolute atomic E-state index is 0.475. The lowest BCUT2D eigenvalue weighted by Gasteiger charge is -2.10. The molecular weight excluding hydrogens is 250 g/mol. The van der Waals surface area contributed by atoms with E-state index in [-0.39, 0.29) is 0 Å². The van der Waals surface area contributed by atoms with E-state index in [4.69, 9.17) is 10.5 Å². The fraction of sp³-hybridized carbons (Fsp3) is 0.125. The Morgan fingerprint density at radius 3 is 2.50 bits per heavy atom. The third-order valence-electron chi connectivity index (χ3n) is 3.21. The predicted octanol–water partition coefficient (Wildman–Crippen LogP) is 3.62. The molecule has 20 heavy (non-hydrogen) atoms. The van der Waals surface area contributed by atoms with Crippen LogP contribution in [0, 0.1) is 13.8 Å². The van der Waals surface area contributed by atoms with Crippen LogP contribution in [0.5, 0.6) is 11.6 Å². The molecule has 0 fully saturated rings. The number of nitrogen functional groups attached to an aromatic ring is 1. The molecule has 0 aliphatic carbocycles. The van der Waals surface area contributed by atoms with Gasteiger partial charge in [-0.15, -0.1) is 5.10 Å². The third-order valence-corrected chi connectivity index (χ3v) is 3.21. The molecule has 2 N–H and O–H groups in total. The summed E-state index contributed by atoms with van der Waals surface area (Å²) in [6.07, 6.45) is 0. The summed E-state index contributed by atoms with van der Waals surface area (Å²) in [5, 5.41) is 10.2. The average Bonchev–Trinajstić information content (AvgIpc) is 2.46. The molecule has 3 aromatic rings. The fourth-order valence-corrected chi connectivity index (χ4v) is 2.12. The maximum Gasteiger partial charge on any atom is 0.246 e. The first-order valence-electron chi connectivity index (χ1n) is 6.41. The molecule has 4 nitrogen and oxygen atoms in total. The monoisotopic (exact) mass is 265 g/mol. The summed E-state index contributed by atoms with van der Waals surface area (Å²) in [6, 6.07) is 13.6. The number of nitrogens with two attached hydrogens (primary N) is 1. The minimum Gasteiger partial charge on any atom is -0.435 e. The molecule has 0 aliphatic heterocycles. The number of fused-ring (bicyclic) bond motifs is 1. The van der Waals surface area contributed by atoms with Gasteiger partial charge in [-0.1, -0.05) is 24.3 Å². The predicted molar refractivity (Wildman–Crippen MR) is 79.9 cm³/mol. The highest BCUT2D eigenvalue weighted by molar-refractivity contribution is 5.88. The molecule has 1 aromatic heterocycles. The zero-order valence-corrected chi connectivity index (χ0v) is 11.4. The minimum atomic E-state index is 0.475. The largest absolute Gasteiger partial charge is 0.435 e. The van der Waals surface area contributed by atoms with Gasteiger partial charge in [0.05, 0.1) is 11.4 Å². The van der Waals surface area contributed by atoms with Crippen molar-refractivity contribution < 1.29 is 4.74 Å². The number of ether oxygens (including phenoxy) is 1. The molecule has 0 radical (unpaired) electrons. The van der Waals surface area contributed by atoms with E-state index >= 15 is 0 Å². The van der Waals surface area contributed by atoms with Crippen LogP contribution >= 0.6 is 0 Å². The van der Waals surface area contributed by atoms with Gasteiger partial charge in [0.15, 0.2) is 5.75 Å². The maximum atomic E-state index is 5.94. The Labute approximate surface area is 117 Å². The highest BCUT2D eigenvalue weighted by Gasteiger charge is 2.10. The molecular formula is C16H15N3O. The van der Waals surface area contributed by atoms with Crippen LogP contribution in [-0.2, 0) is 0 Å². The number of aryl methyl sites for hydroxylation is 2. The molecule has 0 amide bonds. The lowest BCUT2D eigenvalue weighted by molar-refractivity contribution is 0.463. The van der Waals surface area contributed by atoms with E-state index in [0.717, 1.165) is 22.0 Å². The highest BCUT2D eigenvalue weighted by atomic mass is 16.5. The topological polar surface area (TPSA) is 61.0 Å². The summed E-state index contributed by atoms with van der Waals surface area (Å²) in [5.74, 6) is 1.08. The van der Waals surface area contributed by atoms with E-state index in [1.54, 1.807) is 0 Å². The maximum absolute atomic E-state index is 5.94. The van der Waals surface area contributed by atoms with E-state index in [0.29, 0.717) is 17.3 Å². The molecule has 0 atom stereocenters. The summed E-state index contributed by atoms with van der Waals surface area (Å²) in [7, 11) is 0. The molecule has 0 saturated carbocycles. The summed E-state index contributed by atoms with van der Waals surface area (Å²) in [6.45, 7) is 3.92. The first kappa shape index (κ1) is 12.4. The van der Waals surface area contributed by atoms with Gasteiger partial charge < -0.3 is 10.5 Å².